The Balaban J connectivity index is 1.72. The summed E-state index contributed by atoms with van der Waals surface area (Å²) in [6.07, 6.45) is 3.84. The third-order valence-electron chi connectivity index (χ3n) is 7.75. The summed E-state index contributed by atoms with van der Waals surface area (Å²) >= 11 is 0. The molecule has 0 heterocycles. The molecule has 0 saturated heterocycles. The molecule has 2 heteroatoms. The van der Waals surface area contributed by atoms with Crippen molar-refractivity contribution in [2.45, 2.75) is 40.0 Å². The van der Waals surface area contributed by atoms with Gasteiger partial charge in [0.05, 0.1) is 5.92 Å². The molecule has 6 bridgehead atoms. The van der Waals surface area contributed by atoms with E-state index in [1.807, 2.05) is 6.92 Å². The summed E-state index contributed by atoms with van der Waals surface area (Å²) in [5, 5.41) is 9.29. The van der Waals surface area contributed by atoms with E-state index in [-0.39, 0.29) is 5.92 Å². The van der Waals surface area contributed by atoms with Crippen LogP contribution in [0.4, 0.5) is 0 Å². The molecule has 5 saturated carbocycles. The first-order chi connectivity index (χ1) is 7.93. The molecule has 0 spiro atoms. The zero-order chi connectivity index (χ0) is 12.2. The molecule has 0 aromatic heterocycles. The molecule has 0 amide bonds. The minimum Gasteiger partial charge on any atom is -0.481 e. The second kappa shape index (κ2) is 2.57. The van der Waals surface area contributed by atoms with Crippen LogP contribution in [-0.4, -0.2) is 11.1 Å². The molecule has 0 unspecified atom stereocenters. The fourth-order valence-corrected chi connectivity index (χ4v) is 6.71. The summed E-state index contributed by atoms with van der Waals surface area (Å²) in [4.78, 5) is 11.3. The fraction of sp³-hybridized carbons (Fsp3) is 0.933. The maximum Gasteiger partial charge on any atom is 0.306 e. The van der Waals surface area contributed by atoms with E-state index in [4.69, 9.17) is 0 Å². The largest absolute Gasteiger partial charge is 0.481 e. The highest BCUT2D eigenvalue weighted by molar-refractivity contribution is 5.70. The number of rotatable bonds is 2. The van der Waals surface area contributed by atoms with Crippen LogP contribution in [0, 0.1) is 46.3 Å². The summed E-state index contributed by atoms with van der Waals surface area (Å²) in [6, 6.07) is 0. The number of hydrogen-bond acceptors (Lipinski definition) is 1. The summed E-state index contributed by atoms with van der Waals surface area (Å²) in [6.45, 7) is 6.93. The van der Waals surface area contributed by atoms with Crippen LogP contribution in [0.15, 0.2) is 0 Å². The van der Waals surface area contributed by atoms with Crippen molar-refractivity contribution in [1.29, 1.82) is 0 Å². The highest BCUT2D eigenvalue weighted by Gasteiger charge is 2.86. The molecule has 5 aliphatic carbocycles. The lowest BCUT2D eigenvalue weighted by Crippen LogP contribution is -2.39. The second-order valence-electron chi connectivity index (χ2n) is 7.58. The Kier molecular flexibility index (Phi) is 1.57. The number of hydrogen-bond donors (Lipinski definition) is 1. The number of aliphatic carboxylic acids is 1. The summed E-state index contributed by atoms with van der Waals surface area (Å²) in [5.41, 5.74) is 1.15. The van der Waals surface area contributed by atoms with Crippen LogP contribution in [0.25, 0.3) is 0 Å². The summed E-state index contributed by atoms with van der Waals surface area (Å²) in [7, 11) is 0. The maximum absolute atomic E-state index is 11.3. The van der Waals surface area contributed by atoms with Crippen LogP contribution in [0.2, 0.25) is 0 Å². The van der Waals surface area contributed by atoms with Crippen LogP contribution < -0.4 is 0 Å². The van der Waals surface area contributed by atoms with Crippen LogP contribution in [0.3, 0.4) is 0 Å². The SMILES string of the molecule is C[C@H](C(=O)O)[C@H]1CC[C@]2(C)[C@H]3C[C@@H]4[C@H]([C@@H]13)[C@@]42C. The molecular formula is C15H22O2. The van der Waals surface area contributed by atoms with Crippen molar-refractivity contribution in [1.82, 2.24) is 0 Å². The number of carboxylic acid groups (broad SMARTS) is 1. The van der Waals surface area contributed by atoms with Crippen molar-refractivity contribution >= 4 is 5.97 Å². The van der Waals surface area contributed by atoms with Gasteiger partial charge in [0.25, 0.3) is 0 Å². The topological polar surface area (TPSA) is 37.3 Å². The predicted octanol–water partition coefficient (Wildman–Crippen LogP) is 3.03. The zero-order valence-corrected chi connectivity index (χ0v) is 10.9. The van der Waals surface area contributed by atoms with Crippen LogP contribution in [-0.2, 0) is 4.79 Å². The van der Waals surface area contributed by atoms with E-state index >= 15 is 0 Å². The first kappa shape index (κ1) is 10.4. The number of carbonyl (C=O) groups is 1. The zero-order valence-electron chi connectivity index (χ0n) is 10.9. The van der Waals surface area contributed by atoms with Gasteiger partial charge >= 0.3 is 5.97 Å². The van der Waals surface area contributed by atoms with Gasteiger partial charge in [-0.05, 0) is 59.7 Å². The first-order valence-electron chi connectivity index (χ1n) is 7.15. The molecule has 5 rings (SSSR count). The lowest BCUT2D eigenvalue weighted by Gasteiger charge is -2.43. The summed E-state index contributed by atoms with van der Waals surface area (Å²) in [5.74, 6) is 3.18. The molecule has 2 nitrogen and oxygen atoms in total. The third kappa shape index (κ3) is 0.821. The van der Waals surface area contributed by atoms with Crippen molar-refractivity contribution in [2.24, 2.45) is 46.3 Å². The second-order valence-corrected chi connectivity index (χ2v) is 7.58. The number of carboxylic acids is 1. The fourth-order valence-electron chi connectivity index (χ4n) is 6.71. The van der Waals surface area contributed by atoms with E-state index in [0.29, 0.717) is 16.7 Å². The smallest absolute Gasteiger partial charge is 0.306 e. The van der Waals surface area contributed by atoms with Crippen molar-refractivity contribution in [3.8, 4) is 0 Å². The molecule has 0 aromatic rings. The summed E-state index contributed by atoms with van der Waals surface area (Å²) < 4.78 is 0. The van der Waals surface area contributed by atoms with Gasteiger partial charge in [-0.25, -0.2) is 0 Å². The van der Waals surface area contributed by atoms with Crippen LogP contribution in [0.1, 0.15) is 40.0 Å². The minimum absolute atomic E-state index is 0.131. The Bertz CT molecular complexity index is 417. The van der Waals surface area contributed by atoms with Gasteiger partial charge < -0.3 is 5.11 Å². The molecule has 5 aliphatic rings. The quantitative estimate of drug-likeness (QED) is 0.797. The van der Waals surface area contributed by atoms with E-state index < -0.39 is 5.97 Å². The maximum atomic E-state index is 11.3. The van der Waals surface area contributed by atoms with Crippen molar-refractivity contribution in [3.05, 3.63) is 0 Å². The van der Waals surface area contributed by atoms with E-state index in [1.54, 1.807) is 0 Å². The monoisotopic (exact) mass is 234 g/mol. The van der Waals surface area contributed by atoms with Crippen molar-refractivity contribution in [3.63, 3.8) is 0 Å². The normalized spacial score (nSPS) is 63.6. The molecular weight excluding hydrogens is 212 g/mol. The third-order valence-corrected chi connectivity index (χ3v) is 7.75. The Morgan fingerprint density at radius 3 is 2.65 bits per heavy atom. The van der Waals surface area contributed by atoms with E-state index in [1.165, 1.54) is 12.8 Å². The average molecular weight is 234 g/mol. The molecule has 0 radical (unpaired) electrons. The molecule has 1 N–H and O–H groups in total. The Morgan fingerprint density at radius 1 is 1.35 bits per heavy atom. The van der Waals surface area contributed by atoms with Crippen molar-refractivity contribution < 1.29 is 9.90 Å². The van der Waals surface area contributed by atoms with Gasteiger partial charge in [-0.2, -0.15) is 0 Å². The van der Waals surface area contributed by atoms with Gasteiger partial charge in [0.1, 0.15) is 0 Å². The van der Waals surface area contributed by atoms with Crippen LogP contribution >= 0.6 is 0 Å². The minimum atomic E-state index is -0.579. The highest BCUT2D eigenvalue weighted by Crippen LogP contribution is 2.91. The lowest BCUT2D eigenvalue weighted by molar-refractivity contribution is -0.145. The van der Waals surface area contributed by atoms with Gasteiger partial charge in [0, 0.05) is 0 Å². The molecule has 94 valence electrons. The van der Waals surface area contributed by atoms with E-state index in [2.05, 4.69) is 13.8 Å². The van der Waals surface area contributed by atoms with Gasteiger partial charge in [0.2, 0.25) is 0 Å². The Hall–Kier alpha value is -0.530. The van der Waals surface area contributed by atoms with E-state index in [0.717, 1.165) is 30.1 Å². The van der Waals surface area contributed by atoms with Gasteiger partial charge in [-0.15, -0.1) is 0 Å². The first-order valence-corrected chi connectivity index (χ1v) is 7.15. The average Bonchev–Trinajstić information content (AvgIpc) is 2.57. The van der Waals surface area contributed by atoms with Gasteiger partial charge in [-0.3, -0.25) is 4.79 Å². The van der Waals surface area contributed by atoms with Gasteiger partial charge in [-0.1, -0.05) is 20.8 Å². The van der Waals surface area contributed by atoms with Crippen LogP contribution in [0.5, 0.6) is 0 Å². The molecule has 0 aromatic carbocycles. The molecule has 17 heavy (non-hydrogen) atoms. The molecule has 0 aliphatic heterocycles. The predicted molar refractivity (Wildman–Crippen MR) is 64.3 cm³/mol. The van der Waals surface area contributed by atoms with Gasteiger partial charge in [0.15, 0.2) is 0 Å². The molecule has 8 atom stereocenters. The standard InChI is InChI=1S/C15H22O2/c1-7(13(16)17)8-4-5-14(2)9-6-10-12(11(8)9)15(10,14)3/h7-12H,4-6H2,1-3H3,(H,16,17)/t7-,8+,9-,10+,11-,12+,14+,15+/m0/s1. The van der Waals surface area contributed by atoms with E-state index in [9.17, 15) is 9.90 Å². The highest BCUT2D eigenvalue weighted by atomic mass is 16.4. The molecule has 5 fully saturated rings. The lowest BCUT2D eigenvalue weighted by atomic mass is 9.61. The Morgan fingerprint density at radius 2 is 2.06 bits per heavy atom. The Labute approximate surface area is 103 Å². The van der Waals surface area contributed by atoms with Crippen molar-refractivity contribution in [2.75, 3.05) is 0 Å².